The van der Waals surface area contributed by atoms with Gasteiger partial charge in [0.2, 0.25) is 5.91 Å². The lowest BCUT2D eigenvalue weighted by Gasteiger charge is -2.31. The summed E-state index contributed by atoms with van der Waals surface area (Å²) in [6.07, 6.45) is 3.48. The van der Waals surface area contributed by atoms with Crippen LogP contribution in [-0.4, -0.2) is 19.0 Å². The van der Waals surface area contributed by atoms with Crippen LogP contribution in [0.1, 0.15) is 36.0 Å². The zero-order chi connectivity index (χ0) is 13.1. The molecule has 1 aliphatic rings. The van der Waals surface area contributed by atoms with E-state index in [1.165, 1.54) is 16.7 Å². The van der Waals surface area contributed by atoms with Gasteiger partial charge in [-0.25, -0.2) is 0 Å². The maximum absolute atomic E-state index is 12.2. The van der Waals surface area contributed by atoms with E-state index < -0.39 is 0 Å². The smallest absolute Gasteiger partial charge is 0.227 e. The first-order chi connectivity index (χ1) is 8.63. The van der Waals surface area contributed by atoms with E-state index in [9.17, 15) is 4.79 Å². The Morgan fingerprint density at radius 3 is 2.89 bits per heavy atom. The number of nitrogens with two attached hydrogens (primary N) is 1. The maximum Gasteiger partial charge on any atom is 0.227 e. The van der Waals surface area contributed by atoms with Crippen molar-refractivity contribution in [3.8, 4) is 0 Å². The minimum atomic E-state index is 0.214. The minimum absolute atomic E-state index is 0.214. The molecule has 0 saturated heterocycles. The predicted molar refractivity (Wildman–Crippen MR) is 74.9 cm³/mol. The topological polar surface area (TPSA) is 46.3 Å². The van der Waals surface area contributed by atoms with Crippen LogP contribution in [0.4, 0.5) is 5.69 Å². The molecule has 0 aliphatic carbocycles. The van der Waals surface area contributed by atoms with Crippen molar-refractivity contribution in [2.24, 2.45) is 5.73 Å². The van der Waals surface area contributed by atoms with Crippen LogP contribution in [0.25, 0.3) is 0 Å². The van der Waals surface area contributed by atoms with E-state index in [4.69, 9.17) is 5.73 Å². The molecule has 1 heterocycles. The Morgan fingerprint density at radius 2 is 2.17 bits per heavy atom. The number of hydrogen-bond acceptors (Lipinski definition) is 2. The third kappa shape index (κ3) is 2.56. The van der Waals surface area contributed by atoms with Crippen LogP contribution < -0.4 is 10.6 Å². The van der Waals surface area contributed by atoms with Gasteiger partial charge in [-0.1, -0.05) is 6.07 Å². The van der Waals surface area contributed by atoms with E-state index in [1.807, 2.05) is 4.90 Å². The molecular formula is C15H22N2O. The van der Waals surface area contributed by atoms with E-state index in [0.29, 0.717) is 13.0 Å². The quantitative estimate of drug-likeness (QED) is 0.889. The van der Waals surface area contributed by atoms with Gasteiger partial charge in [0, 0.05) is 18.7 Å². The first kappa shape index (κ1) is 13.1. The number of aryl methyl sites for hydroxylation is 2. The number of anilines is 1. The van der Waals surface area contributed by atoms with Crippen molar-refractivity contribution in [3.63, 3.8) is 0 Å². The molecule has 1 amide bonds. The van der Waals surface area contributed by atoms with Gasteiger partial charge in [0.1, 0.15) is 0 Å². The summed E-state index contributed by atoms with van der Waals surface area (Å²) in [6.45, 7) is 5.66. The van der Waals surface area contributed by atoms with Crippen molar-refractivity contribution in [2.75, 3.05) is 18.0 Å². The molecule has 0 atom stereocenters. The van der Waals surface area contributed by atoms with E-state index in [0.717, 1.165) is 31.5 Å². The molecule has 0 saturated carbocycles. The van der Waals surface area contributed by atoms with Crippen molar-refractivity contribution in [2.45, 2.75) is 39.5 Å². The number of rotatable bonds is 3. The average molecular weight is 246 g/mol. The summed E-state index contributed by atoms with van der Waals surface area (Å²) in [5.41, 5.74) is 10.5. The van der Waals surface area contributed by atoms with E-state index in [1.54, 1.807) is 0 Å². The molecule has 18 heavy (non-hydrogen) atoms. The summed E-state index contributed by atoms with van der Waals surface area (Å²) in [6, 6.07) is 4.34. The van der Waals surface area contributed by atoms with Crippen LogP contribution in [0.2, 0.25) is 0 Å². The largest absolute Gasteiger partial charge is 0.330 e. The van der Waals surface area contributed by atoms with Gasteiger partial charge in [-0.2, -0.15) is 0 Å². The second-order valence-electron chi connectivity index (χ2n) is 5.12. The van der Waals surface area contributed by atoms with Crippen LogP contribution in [0.3, 0.4) is 0 Å². The zero-order valence-electron chi connectivity index (χ0n) is 11.3. The van der Waals surface area contributed by atoms with E-state index in [2.05, 4.69) is 26.0 Å². The molecule has 0 bridgehead atoms. The monoisotopic (exact) mass is 246 g/mol. The van der Waals surface area contributed by atoms with Gasteiger partial charge in [0.05, 0.1) is 0 Å². The fourth-order valence-electron chi connectivity index (χ4n) is 2.72. The standard InChI is InChI=1S/C15H22N2O/c1-11-9-12(2)13-5-4-8-17(14(13)10-11)15(18)6-3-7-16/h9-10H,3-8,16H2,1-2H3. The molecule has 3 heteroatoms. The van der Waals surface area contributed by atoms with Crippen molar-refractivity contribution in [1.82, 2.24) is 0 Å². The normalized spacial score (nSPS) is 14.5. The van der Waals surface area contributed by atoms with Crippen LogP contribution in [0, 0.1) is 13.8 Å². The lowest BCUT2D eigenvalue weighted by Crippen LogP contribution is -2.36. The summed E-state index contributed by atoms with van der Waals surface area (Å²) in [7, 11) is 0. The number of amides is 1. The Morgan fingerprint density at radius 1 is 1.39 bits per heavy atom. The van der Waals surface area contributed by atoms with Gasteiger partial charge in [0.25, 0.3) is 0 Å². The van der Waals surface area contributed by atoms with Crippen molar-refractivity contribution in [3.05, 3.63) is 28.8 Å². The summed E-state index contributed by atoms with van der Waals surface area (Å²) in [5.74, 6) is 0.214. The average Bonchev–Trinajstić information content (AvgIpc) is 2.35. The van der Waals surface area contributed by atoms with Gasteiger partial charge >= 0.3 is 0 Å². The molecule has 1 aliphatic heterocycles. The molecule has 0 spiro atoms. The fourth-order valence-corrected chi connectivity index (χ4v) is 2.72. The highest BCUT2D eigenvalue weighted by Gasteiger charge is 2.23. The molecule has 1 aromatic carbocycles. The third-order valence-electron chi connectivity index (χ3n) is 3.59. The van der Waals surface area contributed by atoms with Crippen LogP contribution in [-0.2, 0) is 11.2 Å². The molecular weight excluding hydrogens is 224 g/mol. The van der Waals surface area contributed by atoms with E-state index in [-0.39, 0.29) is 5.91 Å². The molecule has 2 N–H and O–H groups in total. The number of nitrogens with zero attached hydrogens (tertiary/aromatic N) is 1. The third-order valence-corrected chi connectivity index (χ3v) is 3.59. The summed E-state index contributed by atoms with van der Waals surface area (Å²) < 4.78 is 0. The number of hydrogen-bond donors (Lipinski definition) is 1. The van der Waals surface area contributed by atoms with Crippen LogP contribution in [0.5, 0.6) is 0 Å². The zero-order valence-corrected chi connectivity index (χ0v) is 11.3. The fraction of sp³-hybridized carbons (Fsp3) is 0.533. The van der Waals surface area contributed by atoms with Gasteiger partial charge in [-0.3, -0.25) is 4.79 Å². The maximum atomic E-state index is 12.2. The molecule has 2 rings (SSSR count). The highest BCUT2D eigenvalue weighted by Crippen LogP contribution is 2.31. The molecule has 98 valence electrons. The Hall–Kier alpha value is -1.35. The highest BCUT2D eigenvalue weighted by molar-refractivity contribution is 5.94. The molecule has 0 unspecified atom stereocenters. The summed E-state index contributed by atoms with van der Waals surface area (Å²) in [4.78, 5) is 14.2. The number of benzene rings is 1. The van der Waals surface area contributed by atoms with Gasteiger partial charge in [0.15, 0.2) is 0 Å². The minimum Gasteiger partial charge on any atom is -0.330 e. The lowest BCUT2D eigenvalue weighted by atomic mass is 9.95. The second-order valence-corrected chi connectivity index (χ2v) is 5.12. The Balaban J connectivity index is 2.30. The summed E-state index contributed by atoms with van der Waals surface area (Å²) >= 11 is 0. The highest BCUT2D eigenvalue weighted by atomic mass is 16.2. The van der Waals surface area contributed by atoms with Gasteiger partial charge in [-0.15, -0.1) is 0 Å². The number of fused-ring (bicyclic) bond motifs is 1. The number of carbonyl (C=O) groups excluding carboxylic acids is 1. The van der Waals surface area contributed by atoms with Crippen LogP contribution in [0.15, 0.2) is 12.1 Å². The van der Waals surface area contributed by atoms with Gasteiger partial charge in [-0.05, 0) is 62.4 Å². The molecule has 3 nitrogen and oxygen atoms in total. The number of carbonyl (C=O) groups is 1. The molecule has 0 aromatic heterocycles. The Kier molecular flexibility index (Phi) is 4.02. The SMILES string of the molecule is Cc1cc(C)c2c(c1)N(C(=O)CCCN)CCC2. The molecule has 0 radical (unpaired) electrons. The van der Waals surface area contributed by atoms with Crippen molar-refractivity contribution >= 4 is 11.6 Å². The van der Waals surface area contributed by atoms with Crippen LogP contribution >= 0.6 is 0 Å². The predicted octanol–water partition coefficient (Wildman–Crippen LogP) is 2.32. The van der Waals surface area contributed by atoms with Crippen molar-refractivity contribution < 1.29 is 4.79 Å². The Labute approximate surface area is 109 Å². The van der Waals surface area contributed by atoms with Gasteiger partial charge < -0.3 is 10.6 Å². The summed E-state index contributed by atoms with van der Waals surface area (Å²) in [5, 5.41) is 0. The lowest BCUT2D eigenvalue weighted by molar-refractivity contribution is -0.118. The van der Waals surface area contributed by atoms with Crippen molar-refractivity contribution in [1.29, 1.82) is 0 Å². The molecule has 0 fully saturated rings. The second kappa shape index (κ2) is 5.53. The molecule has 1 aromatic rings. The first-order valence-corrected chi connectivity index (χ1v) is 6.74. The Bertz CT molecular complexity index is 454. The van der Waals surface area contributed by atoms with E-state index >= 15 is 0 Å². The first-order valence-electron chi connectivity index (χ1n) is 6.74.